The molecule has 3 N–H and O–H groups in total. The summed E-state index contributed by atoms with van der Waals surface area (Å²) in [5, 5.41) is 11.3. The summed E-state index contributed by atoms with van der Waals surface area (Å²) in [7, 11) is 0. The molecular formula is C12H21NO4. The summed E-state index contributed by atoms with van der Waals surface area (Å²) in [4.78, 5) is 23.3. The Morgan fingerprint density at radius 3 is 2.47 bits per heavy atom. The van der Waals surface area contributed by atoms with Gasteiger partial charge in [-0.25, -0.2) is 0 Å². The second kappa shape index (κ2) is 4.64. The van der Waals surface area contributed by atoms with Crippen molar-refractivity contribution in [3.8, 4) is 0 Å². The Morgan fingerprint density at radius 1 is 1.47 bits per heavy atom. The Hall–Kier alpha value is -1.10. The summed E-state index contributed by atoms with van der Waals surface area (Å²) in [5.74, 6) is -2.24. The van der Waals surface area contributed by atoms with Crippen molar-refractivity contribution in [2.45, 2.75) is 45.6 Å². The highest BCUT2D eigenvalue weighted by Gasteiger charge is 2.50. The van der Waals surface area contributed by atoms with Gasteiger partial charge in [-0.3, -0.25) is 4.79 Å². The van der Waals surface area contributed by atoms with Crippen molar-refractivity contribution in [1.82, 2.24) is 0 Å². The first kappa shape index (κ1) is 14.0. The highest BCUT2D eigenvalue weighted by Crippen LogP contribution is 2.43. The number of quaternary nitrogens is 1. The van der Waals surface area contributed by atoms with Crippen LogP contribution in [0.15, 0.2) is 0 Å². The van der Waals surface area contributed by atoms with E-state index in [1.165, 1.54) is 0 Å². The van der Waals surface area contributed by atoms with Gasteiger partial charge < -0.3 is 20.4 Å². The van der Waals surface area contributed by atoms with Crippen molar-refractivity contribution in [3.05, 3.63) is 0 Å². The van der Waals surface area contributed by atoms with Gasteiger partial charge in [0.1, 0.15) is 5.60 Å². The van der Waals surface area contributed by atoms with Gasteiger partial charge in [0.05, 0.1) is 23.8 Å². The number of carbonyl (C=O) groups is 2. The molecule has 98 valence electrons. The van der Waals surface area contributed by atoms with E-state index in [4.69, 9.17) is 4.74 Å². The van der Waals surface area contributed by atoms with Gasteiger partial charge in [-0.05, 0) is 33.6 Å². The van der Waals surface area contributed by atoms with Crippen LogP contribution in [-0.4, -0.2) is 24.1 Å². The number of carboxylic acids is 1. The topological polar surface area (TPSA) is 94.1 Å². The maximum Gasteiger partial charge on any atom is 0.310 e. The lowest BCUT2D eigenvalue weighted by Gasteiger charge is -2.33. The van der Waals surface area contributed by atoms with Gasteiger partial charge in [0, 0.05) is 0 Å². The molecule has 1 fully saturated rings. The summed E-state index contributed by atoms with van der Waals surface area (Å²) < 4.78 is 5.27. The first-order valence-corrected chi connectivity index (χ1v) is 5.96. The van der Waals surface area contributed by atoms with Crippen LogP contribution >= 0.6 is 0 Å². The van der Waals surface area contributed by atoms with Crippen LogP contribution in [0.2, 0.25) is 0 Å². The Bertz CT molecular complexity index is 321. The average Bonchev–Trinajstić information content (AvgIpc) is 2.59. The first-order chi connectivity index (χ1) is 7.73. The van der Waals surface area contributed by atoms with E-state index in [9.17, 15) is 14.7 Å². The van der Waals surface area contributed by atoms with Crippen molar-refractivity contribution in [3.63, 3.8) is 0 Å². The van der Waals surface area contributed by atoms with E-state index in [2.05, 4.69) is 5.73 Å². The van der Waals surface area contributed by atoms with E-state index in [0.29, 0.717) is 19.3 Å². The Balaban J connectivity index is 2.89. The van der Waals surface area contributed by atoms with Crippen LogP contribution in [-0.2, 0) is 14.3 Å². The molecule has 0 spiro atoms. The van der Waals surface area contributed by atoms with Gasteiger partial charge in [-0.2, -0.15) is 0 Å². The molecular weight excluding hydrogens is 222 g/mol. The zero-order valence-electron chi connectivity index (χ0n) is 10.7. The fourth-order valence-corrected chi connectivity index (χ4v) is 2.43. The molecule has 2 atom stereocenters. The van der Waals surface area contributed by atoms with E-state index in [0.717, 1.165) is 0 Å². The highest BCUT2D eigenvalue weighted by atomic mass is 16.6. The summed E-state index contributed by atoms with van der Waals surface area (Å²) in [6, 6.07) is 0. The molecule has 0 radical (unpaired) electrons. The molecule has 1 saturated carbocycles. The molecule has 5 heteroatoms. The Labute approximate surface area is 101 Å². The van der Waals surface area contributed by atoms with Crippen molar-refractivity contribution < 1.29 is 25.2 Å². The minimum atomic E-state index is -1.18. The van der Waals surface area contributed by atoms with Crippen molar-refractivity contribution >= 4 is 11.9 Å². The third-order valence-electron chi connectivity index (χ3n) is 3.33. The number of aliphatic carboxylic acids is 1. The molecule has 0 amide bonds. The van der Waals surface area contributed by atoms with Crippen molar-refractivity contribution in [2.75, 3.05) is 6.54 Å². The average molecular weight is 243 g/mol. The molecule has 5 nitrogen and oxygen atoms in total. The number of carbonyl (C=O) groups excluding carboxylic acids is 2. The quantitative estimate of drug-likeness (QED) is 0.650. The minimum Gasteiger partial charge on any atom is -0.549 e. The monoisotopic (exact) mass is 243 g/mol. The lowest BCUT2D eigenvalue weighted by molar-refractivity contribution is -0.405. The van der Waals surface area contributed by atoms with Gasteiger partial charge in [0.25, 0.3) is 0 Å². The minimum absolute atomic E-state index is 0.166. The molecule has 0 heterocycles. The van der Waals surface area contributed by atoms with E-state index >= 15 is 0 Å². The van der Waals surface area contributed by atoms with Crippen molar-refractivity contribution in [1.29, 1.82) is 0 Å². The predicted octanol–water partition coefficient (Wildman–Crippen LogP) is -0.894. The molecule has 1 aliphatic rings. The zero-order chi connectivity index (χ0) is 13.3. The van der Waals surface area contributed by atoms with Crippen LogP contribution in [0.1, 0.15) is 40.0 Å². The summed E-state index contributed by atoms with van der Waals surface area (Å²) in [6.45, 7) is 5.47. The van der Waals surface area contributed by atoms with Gasteiger partial charge in [0.2, 0.25) is 0 Å². The molecule has 0 aromatic rings. The Kier molecular flexibility index (Phi) is 3.81. The van der Waals surface area contributed by atoms with E-state index < -0.39 is 28.9 Å². The van der Waals surface area contributed by atoms with Crippen LogP contribution < -0.4 is 10.8 Å². The van der Waals surface area contributed by atoms with E-state index in [-0.39, 0.29) is 6.54 Å². The molecule has 0 aliphatic heterocycles. The number of rotatable bonds is 3. The van der Waals surface area contributed by atoms with Crippen LogP contribution in [0.25, 0.3) is 0 Å². The molecule has 0 bridgehead atoms. The van der Waals surface area contributed by atoms with E-state index in [1.54, 1.807) is 20.8 Å². The fraction of sp³-hybridized carbons (Fsp3) is 0.833. The smallest absolute Gasteiger partial charge is 0.310 e. The van der Waals surface area contributed by atoms with Crippen LogP contribution in [0, 0.1) is 11.3 Å². The number of esters is 1. The van der Waals surface area contributed by atoms with Crippen molar-refractivity contribution in [2.24, 2.45) is 11.3 Å². The fourth-order valence-electron chi connectivity index (χ4n) is 2.43. The third-order valence-corrected chi connectivity index (χ3v) is 3.33. The van der Waals surface area contributed by atoms with Crippen LogP contribution in [0.4, 0.5) is 0 Å². The lowest BCUT2D eigenvalue weighted by atomic mass is 9.78. The van der Waals surface area contributed by atoms with Gasteiger partial charge in [-0.15, -0.1) is 0 Å². The second-order valence-electron chi connectivity index (χ2n) is 5.67. The normalized spacial score (nSPS) is 29.1. The molecule has 17 heavy (non-hydrogen) atoms. The SMILES string of the molecule is CC(C)(C)OC(=O)[C@@H]1CCC[C@]1(C[NH3+])C(=O)[O-]. The molecule has 1 aliphatic carbocycles. The maximum atomic E-state index is 12.0. The first-order valence-electron chi connectivity index (χ1n) is 5.96. The lowest BCUT2D eigenvalue weighted by Crippen LogP contribution is -2.65. The third kappa shape index (κ3) is 2.77. The Morgan fingerprint density at radius 2 is 2.06 bits per heavy atom. The summed E-state index contributed by atoms with van der Waals surface area (Å²) in [6.07, 6.45) is 1.69. The number of carboxylic acid groups (broad SMARTS) is 1. The zero-order valence-corrected chi connectivity index (χ0v) is 10.7. The standard InChI is InChI=1S/C12H21NO4/c1-11(2,3)17-9(14)8-5-4-6-12(8,7-13)10(15)16/h8H,4-7,13H2,1-3H3,(H,15,16)/t8-,12+/m0/s1. The van der Waals surface area contributed by atoms with E-state index in [1.807, 2.05) is 0 Å². The predicted molar refractivity (Wildman–Crippen MR) is 58.4 cm³/mol. The summed E-state index contributed by atoms with van der Waals surface area (Å²) in [5.41, 5.74) is 1.93. The number of hydrogen-bond acceptors (Lipinski definition) is 4. The van der Waals surface area contributed by atoms with Gasteiger partial charge >= 0.3 is 5.97 Å². The van der Waals surface area contributed by atoms with Crippen LogP contribution in [0.3, 0.4) is 0 Å². The molecule has 1 rings (SSSR count). The molecule has 0 aromatic carbocycles. The number of hydrogen-bond donors (Lipinski definition) is 1. The van der Waals surface area contributed by atoms with Gasteiger partial charge in [0.15, 0.2) is 0 Å². The molecule has 0 saturated heterocycles. The second-order valence-corrected chi connectivity index (χ2v) is 5.67. The van der Waals surface area contributed by atoms with Crippen LogP contribution in [0.5, 0.6) is 0 Å². The largest absolute Gasteiger partial charge is 0.549 e. The van der Waals surface area contributed by atoms with Gasteiger partial charge in [-0.1, -0.05) is 6.42 Å². The maximum absolute atomic E-state index is 12.0. The highest BCUT2D eigenvalue weighted by molar-refractivity contribution is 5.84. The number of ether oxygens (including phenoxy) is 1. The molecule has 0 unspecified atom stereocenters. The summed E-state index contributed by atoms with van der Waals surface area (Å²) >= 11 is 0. The molecule has 0 aromatic heterocycles.